The molecule has 0 bridgehead atoms. The number of hydrogen-bond donors (Lipinski definition) is 0. The molecule has 0 aromatic heterocycles. The van der Waals surface area contributed by atoms with Gasteiger partial charge in [0.05, 0.1) is 13.2 Å². The Hall–Kier alpha value is -1.91. The summed E-state index contributed by atoms with van der Waals surface area (Å²) in [4.78, 5) is 2.53. The summed E-state index contributed by atoms with van der Waals surface area (Å²) in [6.45, 7) is 7.17. The van der Waals surface area contributed by atoms with Gasteiger partial charge in [0.25, 0.3) is 0 Å². The molecule has 0 amide bonds. The first kappa shape index (κ1) is 21.3. The Kier molecular flexibility index (Phi) is 6.74. The fourth-order valence-electron chi connectivity index (χ4n) is 4.35. The van der Waals surface area contributed by atoms with Gasteiger partial charge in [0.15, 0.2) is 0 Å². The van der Waals surface area contributed by atoms with Crippen LogP contribution in [0, 0.1) is 0 Å². The molecule has 1 unspecified atom stereocenters. The third-order valence-electron chi connectivity index (χ3n) is 5.72. The van der Waals surface area contributed by atoms with Crippen molar-refractivity contribution in [2.45, 2.75) is 32.6 Å². The summed E-state index contributed by atoms with van der Waals surface area (Å²) >= 11 is 0. The standard InChI is InChI=1S/C24H30NO4P/c1-3-27-30(26,28-4-2)29-23-10-7-9-20(16-23)21-14-15-25(17-21)18-22-13-12-19-8-5-6-11-24(19)22/h5-11,13,16,21H,3-4,12,14-15,17-18H2,1-2H3. The predicted molar refractivity (Wildman–Crippen MR) is 120 cm³/mol. The first-order valence-corrected chi connectivity index (χ1v) is 12.2. The highest BCUT2D eigenvalue weighted by atomic mass is 31.2. The molecule has 160 valence electrons. The molecule has 1 aliphatic heterocycles. The van der Waals surface area contributed by atoms with Gasteiger partial charge in [-0.2, -0.15) is 0 Å². The van der Waals surface area contributed by atoms with Crippen LogP contribution >= 0.6 is 7.82 Å². The lowest BCUT2D eigenvalue weighted by Crippen LogP contribution is -2.22. The van der Waals surface area contributed by atoms with Crippen LogP contribution < -0.4 is 4.52 Å². The number of rotatable bonds is 9. The largest absolute Gasteiger partial charge is 0.530 e. The van der Waals surface area contributed by atoms with Gasteiger partial charge in [-0.1, -0.05) is 42.5 Å². The minimum absolute atomic E-state index is 0.271. The zero-order valence-corrected chi connectivity index (χ0v) is 18.6. The van der Waals surface area contributed by atoms with Gasteiger partial charge >= 0.3 is 7.82 Å². The summed E-state index contributed by atoms with van der Waals surface area (Å²) in [6, 6.07) is 16.6. The van der Waals surface area contributed by atoms with E-state index in [1.165, 1.54) is 22.3 Å². The van der Waals surface area contributed by atoms with Gasteiger partial charge in [-0.15, -0.1) is 0 Å². The second-order valence-corrected chi connectivity index (χ2v) is 9.35. The van der Waals surface area contributed by atoms with Crippen LogP contribution in [0.4, 0.5) is 0 Å². The molecule has 5 nitrogen and oxygen atoms in total. The Morgan fingerprint density at radius 1 is 1.07 bits per heavy atom. The van der Waals surface area contributed by atoms with Crippen LogP contribution in [-0.2, 0) is 20.0 Å². The van der Waals surface area contributed by atoms with E-state index in [0.717, 1.165) is 32.5 Å². The Morgan fingerprint density at radius 2 is 1.87 bits per heavy atom. The van der Waals surface area contributed by atoms with Crippen LogP contribution in [0.1, 0.15) is 42.9 Å². The minimum atomic E-state index is -3.57. The summed E-state index contributed by atoms with van der Waals surface area (Å²) in [5, 5.41) is 0. The number of benzene rings is 2. The van der Waals surface area contributed by atoms with Crippen molar-refractivity contribution in [3.63, 3.8) is 0 Å². The van der Waals surface area contributed by atoms with Gasteiger partial charge in [-0.05, 0) is 73.5 Å². The van der Waals surface area contributed by atoms with Crippen LogP contribution in [0.25, 0.3) is 5.57 Å². The fourth-order valence-corrected chi connectivity index (χ4v) is 5.54. The maximum Gasteiger partial charge on any atom is 0.530 e. The average molecular weight is 427 g/mol. The summed E-state index contributed by atoms with van der Waals surface area (Å²) in [6.07, 6.45) is 4.51. The molecule has 0 radical (unpaired) electrons. The highest BCUT2D eigenvalue weighted by Gasteiger charge is 2.29. The van der Waals surface area contributed by atoms with E-state index in [-0.39, 0.29) is 13.2 Å². The third-order valence-corrected chi connectivity index (χ3v) is 7.30. The van der Waals surface area contributed by atoms with Gasteiger partial charge in [-0.25, -0.2) is 4.57 Å². The van der Waals surface area contributed by atoms with E-state index >= 15 is 0 Å². The van der Waals surface area contributed by atoms with Gasteiger partial charge in [-0.3, -0.25) is 13.9 Å². The second-order valence-electron chi connectivity index (χ2n) is 7.76. The molecule has 30 heavy (non-hydrogen) atoms. The van der Waals surface area contributed by atoms with E-state index in [1.807, 2.05) is 12.1 Å². The van der Waals surface area contributed by atoms with Crippen LogP contribution in [-0.4, -0.2) is 37.7 Å². The lowest BCUT2D eigenvalue weighted by atomic mass is 9.98. The molecule has 2 aliphatic rings. The van der Waals surface area contributed by atoms with Crippen molar-refractivity contribution in [3.8, 4) is 5.75 Å². The van der Waals surface area contributed by atoms with Crippen LogP contribution in [0.5, 0.6) is 5.75 Å². The summed E-state index contributed by atoms with van der Waals surface area (Å²) in [5.74, 6) is 0.966. The van der Waals surface area contributed by atoms with E-state index in [2.05, 4.69) is 41.3 Å². The zero-order valence-electron chi connectivity index (χ0n) is 17.8. The Morgan fingerprint density at radius 3 is 2.67 bits per heavy atom. The number of phosphoric acid groups is 1. The Bertz CT molecular complexity index is 948. The number of hydrogen-bond acceptors (Lipinski definition) is 5. The van der Waals surface area contributed by atoms with Gasteiger partial charge in [0.2, 0.25) is 0 Å². The normalized spacial score (nSPS) is 19.0. The van der Waals surface area contributed by atoms with E-state index in [1.54, 1.807) is 19.9 Å². The second kappa shape index (κ2) is 9.49. The first-order valence-electron chi connectivity index (χ1n) is 10.8. The van der Waals surface area contributed by atoms with Crippen molar-refractivity contribution in [1.82, 2.24) is 4.90 Å². The summed E-state index contributed by atoms with van der Waals surface area (Å²) in [5.41, 5.74) is 5.48. The predicted octanol–water partition coefficient (Wildman–Crippen LogP) is 5.68. The molecule has 0 N–H and O–H groups in total. The molecule has 0 spiro atoms. The van der Waals surface area contributed by atoms with Crippen molar-refractivity contribution in [2.24, 2.45) is 0 Å². The molecule has 2 aromatic rings. The molecule has 1 aliphatic carbocycles. The molecular weight excluding hydrogens is 397 g/mol. The Labute approximate surface area is 179 Å². The number of nitrogens with zero attached hydrogens (tertiary/aromatic N) is 1. The quantitative estimate of drug-likeness (QED) is 0.482. The molecule has 1 fully saturated rings. The van der Waals surface area contributed by atoms with Gasteiger partial charge in [0.1, 0.15) is 5.75 Å². The number of allylic oxidation sites excluding steroid dienone is 1. The third kappa shape index (κ3) is 4.87. The van der Waals surface area contributed by atoms with Crippen molar-refractivity contribution in [1.29, 1.82) is 0 Å². The maximum absolute atomic E-state index is 12.7. The Balaban J connectivity index is 1.40. The van der Waals surface area contributed by atoms with Crippen molar-refractivity contribution >= 4 is 13.4 Å². The van der Waals surface area contributed by atoms with Crippen LogP contribution in [0.15, 0.2) is 54.6 Å². The lowest BCUT2D eigenvalue weighted by Gasteiger charge is -2.19. The smallest absolute Gasteiger partial charge is 0.404 e. The van der Waals surface area contributed by atoms with E-state index in [4.69, 9.17) is 13.6 Å². The SMILES string of the molecule is CCOP(=O)(OCC)Oc1cccc(C2CCN(CC3=CCc4ccccc43)C2)c1. The molecule has 1 saturated heterocycles. The first-order chi connectivity index (χ1) is 14.6. The number of likely N-dealkylation sites (tertiary alicyclic amines) is 1. The number of fused-ring (bicyclic) bond motifs is 1. The van der Waals surface area contributed by atoms with Gasteiger partial charge < -0.3 is 4.52 Å². The zero-order chi connectivity index (χ0) is 21.0. The van der Waals surface area contributed by atoms with Gasteiger partial charge in [0, 0.05) is 13.1 Å². The van der Waals surface area contributed by atoms with E-state index in [0.29, 0.717) is 11.7 Å². The molecule has 1 atom stereocenters. The molecule has 1 heterocycles. The molecule has 6 heteroatoms. The van der Waals surface area contributed by atoms with Crippen LogP contribution in [0.3, 0.4) is 0 Å². The van der Waals surface area contributed by atoms with Crippen LogP contribution in [0.2, 0.25) is 0 Å². The summed E-state index contributed by atoms with van der Waals surface area (Å²) < 4.78 is 28.8. The van der Waals surface area contributed by atoms with E-state index in [9.17, 15) is 4.57 Å². The monoisotopic (exact) mass is 427 g/mol. The molecule has 4 rings (SSSR count). The number of phosphoric ester groups is 1. The molecule has 0 saturated carbocycles. The topological polar surface area (TPSA) is 48.0 Å². The minimum Gasteiger partial charge on any atom is -0.404 e. The fraction of sp³-hybridized carbons (Fsp3) is 0.417. The molecular formula is C24H30NO4P. The highest BCUT2D eigenvalue weighted by molar-refractivity contribution is 7.48. The van der Waals surface area contributed by atoms with Crippen molar-refractivity contribution in [3.05, 3.63) is 71.3 Å². The highest BCUT2D eigenvalue weighted by Crippen LogP contribution is 2.49. The lowest BCUT2D eigenvalue weighted by molar-refractivity contribution is 0.167. The maximum atomic E-state index is 12.7. The summed E-state index contributed by atoms with van der Waals surface area (Å²) in [7, 11) is -3.57. The molecule has 2 aromatic carbocycles. The van der Waals surface area contributed by atoms with Crippen molar-refractivity contribution < 1.29 is 18.1 Å². The van der Waals surface area contributed by atoms with E-state index < -0.39 is 7.82 Å². The average Bonchev–Trinajstić information content (AvgIpc) is 3.36. The van der Waals surface area contributed by atoms with Crippen molar-refractivity contribution in [2.75, 3.05) is 32.8 Å².